The van der Waals surface area contributed by atoms with Crippen LogP contribution in [0.2, 0.25) is 0 Å². The zero-order valence-electron chi connectivity index (χ0n) is 16.6. The molecule has 6 N–H and O–H groups in total. The molecule has 0 spiro atoms. The number of benzene rings is 2. The van der Waals surface area contributed by atoms with Gasteiger partial charge in [-0.2, -0.15) is 21.9 Å². The summed E-state index contributed by atoms with van der Waals surface area (Å²) in [5, 5.41) is 12.6. The molecule has 0 aliphatic heterocycles. The van der Waals surface area contributed by atoms with E-state index in [1.165, 1.54) is 35.0 Å². The number of aryl methyl sites for hydroxylation is 1. The third-order valence-corrected chi connectivity index (χ3v) is 7.16. The van der Waals surface area contributed by atoms with E-state index in [1.54, 1.807) is 6.92 Å². The summed E-state index contributed by atoms with van der Waals surface area (Å²) >= 11 is 1.14. The van der Waals surface area contributed by atoms with Gasteiger partial charge in [0.05, 0.1) is 32.2 Å². The number of rotatable bonds is 5. The van der Waals surface area contributed by atoms with Gasteiger partial charge in [-0.3, -0.25) is 9.11 Å². The van der Waals surface area contributed by atoms with Gasteiger partial charge in [0.2, 0.25) is 5.13 Å². The minimum Gasteiger partial charge on any atom is -0.398 e. The number of anilines is 2. The Bertz CT molecular complexity index is 1660. The Morgan fingerprint density at radius 1 is 1.00 bits per heavy atom. The van der Waals surface area contributed by atoms with Gasteiger partial charge in [-0.15, -0.1) is 10.2 Å². The van der Waals surface area contributed by atoms with Crippen LogP contribution in [0.1, 0.15) is 5.69 Å². The summed E-state index contributed by atoms with van der Waals surface area (Å²) in [6.45, 7) is 1.63. The Morgan fingerprint density at radius 2 is 1.73 bits per heavy atom. The number of nitrogens with zero attached hydrogens (tertiary/aromatic N) is 5. The average molecular weight is 510 g/mol. The average Bonchev–Trinajstić information content (AvgIpc) is 3.24. The van der Waals surface area contributed by atoms with E-state index in [1.807, 2.05) is 0 Å². The quantitative estimate of drug-likeness (QED) is 0.175. The third kappa shape index (κ3) is 4.41. The van der Waals surface area contributed by atoms with Crippen molar-refractivity contribution < 1.29 is 25.9 Å². The number of hydrogen-bond donors (Lipinski definition) is 4. The second-order valence-electron chi connectivity index (χ2n) is 6.73. The van der Waals surface area contributed by atoms with Crippen LogP contribution in [0.3, 0.4) is 0 Å². The number of nitrogen functional groups attached to an aromatic ring is 2. The highest BCUT2D eigenvalue weighted by atomic mass is 32.2. The number of thiazole rings is 1. The minimum atomic E-state index is -4.48. The van der Waals surface area contributed by atoms with Crippen molar-refractivity contribution in [2.75, 3.05) is 11.5 Å². The van der Waals surface area contributed by atoms with Crippen molar-refractivity contribution in [2.24, 2.45) is 10.2 Å². The lowest BCUT2D eigenvalue weighted by molar-refractivity contribution is 0.481. The first-order valence-electron chi connectivity index (χ1n) is 8.87. The molecule has 0 aliphatic carbocycles. The van der Waals surface area contributed by atoms with Gasteiger partial charge in [0, 0.05) is 0 Å². The predicted octanol–water partition coefficient (Wildman–Crippen LogP) is 2.86. The monoisotopic (exact) mass is 509 g/mol. The van der Waals surface area contributed by atoms with Crippen LogP contribution in [-0.2, 0) is 20.2 Å². The van der Waals surface area contributed by atoms with E-state index in [0.29, 0.717) is 21.6 Å². The van der Waals surface area contributed by atoms with Crippen LogP contribution in [0.4, 0.5) is 22.3 Å². The van der Waals surface area contributed by atoms with Gasteiger partial charge in [0.15, 0.2) is 11.5 Å². The lowest BCUT2D eigenvalue weighted by Crippen LogP contribution is -2.06. The molecule has 0 atom stereocenters. The SMILES string of the molecule is Cc1nn(-c2ccc(S(=O)(=O)O)c(N)c2)c(N)c1N=Nc1nc2cc(S(=O)(=O)O)ccc2s1. The first-order chi connectivity index (χ1) is 15.3. The number of hydrogen-bond acceptors (Lipinski definition) is 11. The van der Waals surface area contributed by atoms with E-state index in [9.17, 15) is 21.4 Å². The highest BCUT2D eigenvalue weighted by Gasteiger charge is 2.18. The molecule has 0 radical (unpaired) electrons. The Labute approximate surface area is 190 Å². The zero-order valence-corrected chi connectivity index (χ0v) is 19.1. The molecule has 0 fully saturated rings. The van der Waals surface area contributed by atoms with Crippen molar-refractivity contribution in [3.05, 3.63) is 42.1 Å². The van der Waals surface area contributed by atoms with Crippen molar-refractivity contribution in [1.82, 2.24) is 14.8 Å². The maximum Gasteiger partial charge on any atom is 0.296 e. The van der Waals surface area contributed by atoms with Gasteiger partial charge in [0.1, 0.15) is 4.90 Å². The lowest BCUT2D eigenvalue weighted by Gasteiger charge is -2.07. The summed E-state index contributed by atoms with van der Waals surface area (Å²) in [5.41, 5.74) is 13.0. The molecule has 0 amide bonds. The zero-order chi connectivity index (χ0) is 24.1. The van der Waals surface area contributed by atoms with E-state index in [2.05, 4.69) is 20.3 Å². The molecule has 172 valence electrons. The number of nitrogens with two attached hydrogens (primary N) is 2. The number of aromatic nitrogens is 3. The Morgan fingerprint density at radius 3 is 2.36 bits per heavy atom. The van der Waals surface area contributed by atoms with E-state index in [0.717, 1.165) is 17.4 Å². The first kappa shape index (κ1) is 22.7. The summed E-state index contributed by atoms with van der Waals surface area (Å²) in [6, 6.07) is 7.74. The second-order valence-corrected chi connectivity index (χ2v) is 10.5. The number of azo groups is 1. The molecule has 4 aromatic rings. The highest BCUT2D eigenvalue weighted by molar-refractivity contribution is 7.86. The minimum absolute atomic E-state index is 0.0880. The fraction of sp³-hybridized carbons (Fsp3) is 0.0588. The van der Waals surface area contributed by atoms with Crippen LogP contribution in [0.5, 0.6) is 0 Å². The lowest BCUT2D eigenvalue weighted by atomic mass is 10.3. The molecule has 0 saturated heterocycles. The summed E-state index contributed by atoms with van der Waals surface area (Å²) in [5.74, 6) is 0.0880. The van der Waals surface area contributed by atoms with Crippen molar-refractivity contribution in [3.63, 3.8) is 0 Å². The second kappa shape index (κ2) is 7.85. The molecule has 2 heterocycles. The molecule has 33 heavy (non-hydrogen) atoms. The van der Waals surface area contributed by atoms with Crippen LogP contribution in [0.25, 0.3) is 15.9 Å². The molecule has 0 bridgehead atoms. The Kier molecular flexibility index (Phi) is 5.41. The molecular weight excluding hydrogens is 494 g/mol. The molecule has 0 unspecified atom stereocenters. The fourth-order valence-electron chi connectivity index (χ4n) is 2.95. The van der Waals surface area contributed by atoms with Crippen LogP contribution in [0, 0.1) is 6.92 Å². The van der Waals surface area contributed by atoms with Gasteiger partial charge in [-0.05, 0) is 43.3 Å². The van der Waals surface area contributed by atoms with Crippen LogP contribution in [-0.4, -0.2) is 40.7 Å². The standard InChI is InChI=1S/C17H15N7O6S3/c1-8-15(16(19)24(23-8)9-2-5-14(11(18)6-9)33(28,29)30)21-22-17-20-12-7-10(32(25,26)27)3-4-13(12)31-17/h2-7H,18-19H2,1H3,(H,25,26,27)(H,28,29,30). The topological polar surface area (TPSA) is 216 Å². The Balaban J connectivity index is 1.68. The smallest absolute Gasteiger partial charge is 0.296 e. The molecule has 4 rings (SSSR count). The predicted molar refractivity (Wildman–Crippen MR) is 121 cm³/mol. The maximum absolute atomic E-state index is 11.3. The molecular formula is C17H15N7O6S3. The molecule has 2 aromatic carbocycles. The Hall–Kier alpha value is -3.44. The van der Waals surface area contributed by atoms with Crippen molar-refractivity contribution >= 4 is 64.1 Å². The fourth-order valence-corrected chi connectivity index (χ4v) is 4.82. The number of fused-ring (bicyclic) bond motifs is 1. The van der Waals surface area contributed by atoms with Gasteiger partial charge < -0.3 is 11.5 Å². The van der Waals surface area contributed by atoms with Crippen molar-refractivity contribution in [2.45, 2.75) is 16.7 Å². The van der Waals surface area contributed by atoms with Crippen LogP contribution < -0.4 is 11.5 Å². The van der Waals surface area contributed by atoms with E-state index >= 15 is 0 Å². The van der Waals surface area contributed by atoms with Gasteiger partial charge in [-0.25, -0.2) is 9.67 Å². The molecule has 0 saturated carbocycles. The van der Waals surface area contributed by atoms with Crippen LogP contribution >= 0.6 is 11.3 Å². The van der Waals surface area contributed by atoms with Gasteiger partial charge >= 0.3 is 0 Å². The summed E-state index contributed by atoms with van der Waals surface area (Å²) in [4.78, 5) is 3.46. The summed E-state index contributed by atoms with van der Waals surface area (Å²) in [6.07, 6.45) is 0. The van der Waals surface area contributed by atoms with Gasteiger partial charge in [-0.1, -0.05) is 11.3 Å². The van der Waals surface area contributed by atoms with Crippen LogP contribution in [0.15, 0.2) is 56.4 Å². The molecule has 13 nitrogen and oxygen atoms in total. The normalized spacial score (nSPS) is 12.7. The first-order valence-corrected chi connectivity index (χ1v) is 12.6. The highest BCUT2D eigenvalue weighted by Crippen LogP contribution is 2.34. The maximum atomic E-state index is 11.3. The van der Waals surface area contributed by atoms with E-state index < -0.39 is 25.1 Å². The van der Waals surface area contributed by atoms with Crippen molar-refractivity contribution in [1.29, 1.82) is 0 Å². The molecule has 2 aromatic heterocycles. The third-order valence-electron chi connectivity index (χ3n) is 4.46. The van der Waals surface area contributed by atoms with E-state index in [4.69, 9.17) is 16.0 Å². The largest absolute Gasteiger partial charge is 0.398 e. The van der Waals surface area contributed by atoms with Gasteiger partial charge in [0.25, 0.3) is 20.2 Å². The van der Waals surface area contributed by atoms with E-state index in [-0.39, 0.29) is 27.2 Å². The molecule has 0 aliphatic rings. The van der Waals surface area contributed by atoms with Crippen molar-refractivity contribution in [3.8, 4) is 5.69 Å². The summed E-state index contributed by atoms with van der Waals surface area (Å²) in [7, 11) is -8.84. The summed E-state index contributed by atoms with van der Waals surface area (Å²) < 4.78 is 65.5. The molecule has 16 heteroatoms.